The molecule has 0 bridgehead atoms. The van der Waals surface area contributed by atoms with Crippen molar-refractivity contribution in [2.24, 2.45) is 4.99 Å². The second-order valence-corrected chi connectivity index (χ2v) is 9.56. The standard InChI is InChI=1S/C22H31N5O5S/c1-14-16(13-25-10-9-23-20(25)24-21(29)32-3)33-19-17(14)18(28)27(15-7-5-4-6-8-15)22(30)26(19)11-12-31-2/h15H,4-13H2,1-3H3,(H,23,24,29). The number of aromatic nitrogens is 2. The maximum atomic E-state index is 13.6. The Hall–Kier alpha value is -2.66. The third-order valence-electron chi connectivity index (χ3n) is 6.47. The normalized spacial score (nSPS) is 18.3. The molecule has 1 saturated heterocycles. The Kier molecular flexibility index (Phi) is 7.18. The molecule has 1 N–H and O–H groups in total. The van der Waals surface area contributed by atoms with Crippen LogP contribution in [0.2, 0.25) is 0 Å². The lowest BCUT2D eigenvalue weighted by Gasteiger charge is -2.24. The monoisotopic (exact) mass is 477 g/mol. The van der Waals surface area contributed by atoms with E-state index in [9.17, 15) is 14.4 Å². The maximum absolute atomic E-state index is 13.6. The summed E-state index contributed by atoms with van der Waals surface area (Å²) in [5.41, 5.74) is 0.429. The number of hydrogen-bond acceptors (Lipinski definition) is 6. The predicted molar refractivity (Wildman–Crippen MR) is 127 cm³/mol. The molecule has 0 radical (unpaired) electrons. The molecule has 2 aromatic heterocycles. The molecule has 1 saturated carbocycles. The Morgan fingerprint density at radius 3 is 2.67 bits per heavy atom. The highest BCUT2D eigenvalue weighted by molar-refractivity contribution is 7.18. The van der Waals surface area contributed by atoms with E-state index in [1.807, 2.05) is 11.8 Å². The van der Waals surface area contributed by atoms with E-state index in [1.54, 1.807) is 11.7 Å². The predicted octanol–water partition coefficient (Wildman–Crippen LogP) is 2.21. The maximum Gasteiger partial charge on any atom is 0.436 e. The summed E-state index contributed by atoms with van der Waals surface area (Å²) in [7, 11) is 2.89. The number of aryl methyl sites for hydroxylation is 1. The molecule has 1 aliphatic carbocycles. The van der Waals surface area contributed by atoms with Crippen molar-refractivity contribution in [3.05, 3.63) is 31.3 Å². The van der Waals surface area contributed by atoms with Gasteiger partial charge in [-0.15, -0.1) is 16.3 Å². The van der Waals surface area contributed by atoms with Crippen LogP contribution < -0.4 is 16.6 Å². The molecular formula is C22H31N5O5S. The summed E-state index contributed by atoms with van der Waals surface area (Å²) in [5, 5.41) is 3.71. The van der Waals surface area contributed by atoms with Gasteiger partial charge in [-0.25, -0.2) is 9.59 Å². The van der Waals surface area contributed by atoms with Gasteiger partial charge >= 0.3 is 11.8 Å². The minimum Gasteiger partial charge on any atom is -0.451 e. The average Bonchev–Trinajstić information content (AvgIpc) is 3.38. The highest BCUT2D eigenvalue weighted by Gasteiger charge is 2.27. The van der Waals surface area contributed by atoms with Gasteiger partial charge < -0.3 is 19.7 Å². The van der Waals surface area contributed by atoms with Gasteiger partial charge in [-0.2, -0.15) is 0 Å². The van der Waals surface area contributed by atoms with Crippen LogP contribution in [0.25, 0.3) is 10.2 Å². The summed E-state index contributed by atoms with van der Waals surface area (Å²) in [4.78, 5) is 46.3. The van der Waals surface area contributed by atoms with Gasteiger partial charge in [-0.05, 0) is 25.3 Å². The zero-order valence-electron chi connectivity index (χ0n) is 19.4. The van der Waals surface area contributed by atoms with Gasteiger partial charge in [0.25, 0.3) is 5.56 Å². The van der Waals surface area contributed by atoms with E-state index in [4.69, 9.17) is 4.74 Å². The molecule has 2 aliphatic rings. The number of aliphatic imine (C=N–C) groups is 1. The van der Waals surface area contributed by atoms with Crippen molar-refractivity contribution in [2.45, 2.75) is 58.2 Å². The van der Waals surface area contributed by atoms with E-state index >= 15 is 0 Å². The minimum atomic E-state index is -0.666. The van der Waals surface area contributed by atoms with Crippen LogP contribution in [0.4, 0.5) is 4.79 Å². The Bertz CT molecular complexity index is 1170. The number of methoxy groups -OCH3 is 2. The first-order valence-electron chi connectivity index (χ1n) is 11.4. The lowest BCUT2D eigenvalue weighted by molar-refractivity contribution is 0.182. The van der Waals surface area contributed by atoms with Crippen LogP contribution in [0, 0.1) is 6.92 Å². The van der Waals surface area contributed by atoms with Crippen LogP contribution in [0.1, 0.15) is 48.6 Å². The van der Waals surface area contributed by atoms with Crippen LogP contribution in [-0.4, -0.2) is 60.0 Å². The highest BCUT2D eigenvalue weighted by Crippen LogP contribution is 2.31. The van der Waals surface area contributed by atoms with Gasteiger partial charge in [0, 0.05) is 31.1 Å². The number of carbonyl (C=O) groups excluding carboxylic acids is 1. The Morgan fingerprint density at radius 1 is 1.21 bits per heavy atom. The summed E-state index contributed by atoms with van der Waals surface area (Å²) in [5.74, 6) is 0.454. The molecular weight excluding hydrogens is 446 g/mol. The van der Waals surface area contributed by atoms with Crippen molar-refractivity contribution >= 4 is 33.6 Å². The Labute approximate surface area is 195 Å². The first-order valence-corrected chi connectivity index (χ1v) is 12.2. The van der Waals surface area contributed by atoms with E-state index in [-0.39, 0.29) is 17.3 Å². The van der Waals surface area contributed by atoms with Gasteiger partial charge in [0.05, 0.1) is 32.2 Å². The molecule has 3 heterocycles. The van der Waals surface area contributed by atoms with E-state index in [2.05, 4.69) is 15.0 Å². The van der Waals surface area contributed by atoms with Gasteiger partial charge in [-0.1, -0.05) is 19.3 Å². The van der Waals surface area contributed by atoms with Crippen LogP contribution in [0.5, 0.6) is 0 Å². The molecule has 4 rings (SSSR count). The number of carbonyl (C=O) groups is 1. The molecule has 2 fully saturated rings. The zero-order chi connectivity index (χ0) is 23.5. The SMILES string of the molecule is COCCn1c(=O)n(C2CCCCC2)c(=O)c2c(C)c(CN3CCN/C3=N\C(=O)OC)sc21. The number of nitrogens with zero attached hydrogens (tertiary/aromatic N) is 4. The summed E-state index contributed by atoms with van der Waals surface area (Å²) in [6.07, 6.45) is 4.25. The molecule has 11 heteroatoms. The molecule has 0 aromatic carbocycles. The second-order valence-electron chi connectivity index (χ2n) is 8.48. The van der Waals surface area contributed by atoms with Crippen molar-refractivity contribution in [1.82, 2.24) is 19.4 Å². The number of hydrogen-bond donors (Lipinski definition) is 1. The van der Waals surface area contributed by atoms with Crippen LogP contribution >= 0.6 is 11.3 Å². The molecule has 0 spiro atoms. The highest BCUT2D eigenvalue weighted by atomic mass is 32.1. The number of guanidine groups is 1. The van der Waals surface area contributed by atoms with E-state index < -0.39 is 6.09 Å². The third-order valence-corrected chi connectivity index (χ3v) is 7.77. The summed E-state index contributed by atoms with van der Waals surface area (Å²) >= 11 is 1.45. The molecule has 10 nitrogen and oxygen atoms in total. The largest absolute Gasteiger partial charge is 0.451 e. The number of rotatable bonds is 6. The lowest BCUT2D eigenvalue weighted by Crippen LogP contribution is -2.43. The average molecular weight is 478 g/mol. The van der Waals surface area contributed by atoms with Crippen LogP contribution in [0.15, 0.2) is 14.6 Å². The van der Waals surface area contributed by atoms with E-state index in [1.165, 1.54) is 23.0 Å². The molecule has 1 aliphatic heterocycles. The molecule has 33 heavy (non-hydrogen) atoms. The zero-order valence-corrected chi connectivity index (χ0v) is 20.2. The number of fused-ring (bicyclic) bond motifs is 1. The van der Waals surface area contributed by atoms with Crippen molar-refractivity contribution in [1.29, 1.82) is 0 Å². The summed E-state index contributed by atoms with van der Waals surface area (Å²) < 4.78 is 13.1. The smallest absolute Gasteiger partial charge is 0.436 e. The first-order chi connectivity index (χ1) is 16.0. The summed E-state index contributed by atoms with van der Waals surface area (Å²) in [6.45, 7) is 4.52. The van der Waals surface area contributed by atoms with Gasteiger partial charge in [0.1, 0.15) is 4.83 Å². The fraction of sp³-hybridized carbons (Fsp3) is 0.636. The van der Waals surface area contributed by atoms with Crippen molar-refractivity contribution in [3.63, 3.8) is 0 Å². The molecule has 1 amide bonds. The number of ether oxygens (including phenoxy) is 2. The van der Waals surface area contributed by atoms with Gasteiger partial charge in [-0.3, -0.25) is 13.9 Å². The molecule has 0 atom stereocenters. The lowest BCUT2D eigenvalue weighted by atomic mass is 9.95. The van der Waals surface area contributed by atoms with Crippen LogP contribution in [0.3, 0.4) is 0 Å². The molecule has 0 unspecified atom stereocenters. The van der Waals surface area contributed by atoms with E-state index in [0.29, 0.717) is 49.0 Å². The van der Waals surface area contributed by atoms with E-state index in [0.717, 1.165) is 42.5 Å². The van der Waals surface area contributed by atoms with Gasteiger partial charge in [0.2, 0.25) is 5.96 Å². The topological polar surface area (TPSA) is 107 Å². The summed E-state index contributed by atoms with van der Waals surface area (Å²) in [6, 6.07) is -0.0544. The second kappa shape index (κ2) is 10.1. The van der Waals surface area contributed by atoms with Crippen molar-refractivity contribution < 1.29 is 14.3 Å². The molecule has 180 valence electrons. The minimum absolute atomic E-state index is 0.0544. The molecule has 2 aromatic rings. The number of thiophene rings is 1. The van der Waals surface area contributed by atoms with Crippen LogP contribution in [-0.2, 0) is 22.6 Å². The fourth-order valence-corrected chi connectivity index (χ4v) is 6.02. The van der Waals surface area contributed by atoms with Crippen molar-refractivity contribution in [3.8, 4) is 0 Å². The van der Waals surface area contributed by atoms with Gasteiger partial charge in [0.15, 0.2) is 0 Å². The Balaban J connectivity index is 1.80. The number of nitrogens with one attached hydrogen (secondary N) is 1. The fourth-order valence-electron chi connectivity index (χ4n) is 4.69. The Morgan fingerprint density at radius 2 is 1.97 bits per heavy atom. The first kappa shape index (κ1) is 23.5. The third kappa shape index (κ3) is 4.56. The quantitative estimate of drug-likeness (QED) is 0.680. The van der Waals surface area contributed by atoms with Crippen molar-refractivity contribution in [2.75, 3.05) is 33.9 Å². The number of amides is 1.